The van der Waals surface area contributed by atoms with Gasteiger partial charge in [-0.15, -0.1) is 0 Å². The summed E-state index contributed by atoms with van der Waals surface area (Å²) in [6.07, 6.45) is 3.69. The van der Waals surface area contributed by atoms with E-state index >= 15 is 0 Å². The lowest BCUT2D eigenvalue weighted by Gasteiger charge is -2.45. The number of fused-ring (bicyclic) bond motifs is 3. The quantitative estimate of drug-likeness (QED) is 0.286. The number of ketones is 1. The molecule has 0 bridgehead atoms. The molecule has 0 saturated carbocycles. The number of benzene rings is 3. The van der Waals surface area contributed by atoms with Gasteiger partial charge in [-0.1, -0.05) is 92.2 Å². The van der Waals surface area contributed by atoms with E-state index in [0.717, 1.165) is 41.0 Å². The summed E-state index contributed by atoms with van der Waals surface area (Å²) in [4.78, 5) is 16.6. The number of allylic oxidation sites excluding steroid dienone is 2. The predicted octanol–water partition coefficient (Wildman–Crippen LogP) is 7.36. The molecule has 4 nitrogen and oxygen atoms in total. The minimum absolute atomic E-state index is 0.0297. The lowest BCUT2D eigenvalue weighted by atomic mass is 9.58. The highest BCUT2D eigenvalue weighted by atomic mass is 16.1. The maximum atomic E-state index is 12.9. The summed E-state index contributed by atoms with van der Waals surface area (Å²) >= 11 is 0. The standard InChI is InChI=1S/C33H29N3O/c1-21-10-12-25(13-11-21)30-27-18-19-28-22(2)31(37)29(34-4)20-33(28,3)32(27)36(35-30)26-16-14-24(15-17-26)23-8-6-5-7-9-23/h5-17,20,22,28H,18-19H2,1-3H3/t22-,28-,33-/m1/s1. The third kappa shape index (κ3) is 3.65. The van der Waals surface area contributed by atoms with E-state index < -0.39 is 5.41 Å². The molecule has 0 saturated heterocycles. The van der Waals surface area contributed by atoms with Crippen molar-refractivity contribution in [3.8, 4) is 28.1 Å². The Bertz CT molecular complexity index is 1570. The molecule has 0 spiro atoms. The van der Waals surface area contributed by atoms with Crippen molar-refractivity contribution >= 4 is 5.78 Å². The lowest BCUT2D eigenvalue weighted by molar-refractivity contribution is -0.121. The van der Waals surface area contributed by atoms with Crippen molar-refractivity contribution in [2.75, 3.05) is 0 Å². The number of aryl methyl sites for hydroxylation is 1. The van der Waals surface area contributed by atoms with Gasteiger partial charge in [-0.3, -0.25) is 0 Å². The largest absolute Gasteiger partial charge is 0.308 e. The van der Waals surface area contributed by atoms with Crippen LogP contribution < -0.4 is 0 Å². The van der Waals surface area contributed by atoms with Gasteiger partial charge in [0.1, 0.15) is 0 Å². The summed E-state index contributed by atoms with van der Waals surface area (Å²) in [5.74, 6) is -0.0975. The van der Waals surface area contributed by atoms with Crippen LogP contribution >= 0.6 is 0 Å². The summed E-state index contributed by atoms with van der Waals surface area (Å²) in [6.45, 7) is 14.0. The number of aromatic nitrogens is 2. The van der Waals surface area contributed by atoms with Gasteiger partial charge in [-0.25, -0.2) is 9.53 Å². The zero-order chi connectivity index (χ0) is 25.7. The van der Waals surface area contributed by atoms with E-state index in [4.69, 9.17) is 11.7 Å². The topological polar surface area (TPSA) is 39.2 Å². The highest BCUT2D eigenvalue weighted by molar-refractivity contribution is 6.00. The van der Waals surface area contributed by atoms with Crippen LogP contribution in [0.25, 0.3) is 32.9 Å². The number of carbonyl (C=O) groups excluding carboxylic acids is 1. The SMILES string of the molecule is [C-]#[N+]C1=C[C@@]2(C)c3c(c(-c4ccc(C)cc4)nn3-c3ccc(-c4ccccc4)cc3)CC[C@@H]2[C@@H](C)C1=O. The van der Waals surface area contributed by atoms with Crippen molar-refractivity contribution < 1.29 is 4.79 Å². The zero-order valence-electron chi connectivity index (χ0n) is 21.4. The monoisotopic (exact) mass is 483 g/mol. The van der Waals surface area contributed by atoms with Crippen LogP contribution in [0.4, 0.5) is 0 Å². The lowest BCUT2D eigenvalue weighted by Crippen LogP contribution is -2.46. The zero-order valence-corrected chi connectivity index (χ0v) is 21.4. The summed E-state index contributed by atoms with van der Waals surface area (Å²) in [5.41, 5.74) is 8.72. The molecule has 0 fully saturated rings. The van der Waals surface area contributed by atoms with Crippen LogP contribution in [0.15, 0.2) is 90.6 Å². The highest BCUT2D eigenvalue weighted by Gasteiger charge is 2.50. The summed E-state index contributed by atoms with van der Waals surface area (Å²) in [6, 6.07) is 27.4. The number of hydrogen-bond acceptors (Lipinski definition) is 2. The molecule has 1 aromatic heterocycles. The van der Waals surface area contributed by atoms with Crippen LogP contribution in [-0.2, 0) is 16.6 Å². The molecule has 3 aromatic carbocycles. The minimum Gasteiger partial charge on any atom is -0.308 e. The molecule has 4 heteroatoms. The Labute approximate surface area is 218 Å². The van der Waals surface area contributed by atoms with Crippen LogP contribution in [0.3, 0.4) is 0 Å². The second-order valence-corrected chi connectivity index (χ2v) is 10.6. The van der Waals surface area contributed by atoms with Gasteiger partial charge in [0.25, 0.3) is 0 Å². The average Bonchev–Trinajstić information content (AvgIpc) is 3.33. The molecule has 0 unspecified atom stereocenters. The van der Waals surface area contributed by atoms with Crippen LogP contribution in [0.2, 0.25) is 0 Å². The van der Waals surface area contributed by atoms with Gasteiger partial charge < -0.3 is 4.79 Å². The van der Waals surface area contributed by atoms with Gasteiger partial charge in [0.05, 0.1) is 23.6 Å². The van der Waals surface area contributed by atoms with Crippen LogP contribution in [0, 0.1) is 25.3 Å². The van der Waals surface area contributed by atoms with Gasteiger partial charge in [0.15, 0.2) is 5.78 Å². The second-order valence-electron chi connectivity index (χ2n) is 10.6. The van der Waals surface area contributed by atoms with Crippen LogP contribution in [-0.4, -0.2) is 15.6 Å². The minimum atomic E-state index is -0.463. The Hall–Kier alpha value is -4.23. The molecule has 1 heterocycles. The molecule has 37 heavy (non-hydrogen) atoms. The fourth-order valence-corrected chi connectivity index (χ4v) is 6.37. The smallest absolute Gasteiger partial charge is 0.226 e. The van der Waals surface area contributed by atoms with Crippen LogP contribution in [0.1, 0.15) is 37.1 Å². The highest BCUT2D eigenvalue weighted by Crippen LogP contribution is 2.52. The van der Waals surface area contributed by atoms with E-state index in [1.165, 1.54) is 16.7 Å². The molecular weight excluding hydrogens is 454 g/mol. The molecule has 0 aliphatic heterocycles. The van der Waals surface area contributed by atoms with Gasteiger partial charge in [-0.2, -0.15) is 5.10 Å². The molecule has 6 rings (SSSR count). The normalized spacial score (nSPS) is 22.5. The predicted molar refractivity (Wildman–Crippen MR) is 147 cm³/mol. The molecule has 4 aromatic rings. The third-order valence-corrected chi connectivity index (χ3v) is 8.34. The maximum absolute atomic E-state index is 12.9. The number of hydrogen-bond donors (Lipinski definition) is 0. The third-order valence-electron chi connectivity index (χ3n) is 8.34. The van der Waals surface area contributed by atoms with Gasteiger partial charge in [0, 0.05) is 22.5 Å². The fraction of sp³-hybridized carbons (Fsp3) is 0.242. The maximum Gasteiger partial charge on any atom is 0.226 e. The van der Waals surface area contributed by atoms with Crippen molar-refractivity contribution in [2.45, 2.75) is 39.0 Å². The van der Waals surface area contributed by atoms with E-state index in [9.17, 15) is 4.79 Å². The Kier molecular flexibility index (Phi) is 5.46. The van der Waals surface area contributed by atoms with Crippen molar-refractivity contribution in [1.82, 2.24) is 9.78 Å². The second kappa shape index (κ2) is 8.71. The molecule has 0 N–H and O–H groups in total. The first-order valence-corrected chi connectivity index (χ1v) is 12.9. The fourth-order valence-electron chi connectivity index (χ4n) is 6.37. The molecule has 2 aliphatic rings. The van der Waals surface area contributed by atoms with E-state index in [0.29, 0.717) is 0 Å². The van der Waals surface area contributed by atoms with E-state index in [-0.39, 0.29) is 23.3 Å². The summed E-state index contributed by atoms with van der Waals surface area (Å²) in [7, 11) is 0. The number of carbonyl (C=O) groups is 1. The van der Waals surface area contributed by atoms with Gasteiger partial charge in [0.2, 0.25) is 5.70 Å². The molecule has 0 amide bonds. The Balaban J connectivity index is 1.57. The van der Waals surface area contributed by atoms with E-state index in [2.05, 4.69) is 96.2 Å². The summed E-state index contributed by atoms with van der Waals surface area (Å²) < 4.78 is 2.08. The summed E-state index contributed by atoms with van der Waals surface area (Å²) in [5, 5.41) is 5.22. The van der Waals surface area contributed by atoms with E-state index in [1.54, 1.807) is 0 Å². The van der Waals surface area contributed by atoms with Crippen molar-refractivity contribution in [2.24, 2.45) is 11.8 Å². The Morgan fingerprint density at radius 1 is 0.946 bits per heavy atom. The first-order valence-electron chi connectivity index (χ1n) is 12.9. The molecule has 0 radical (unpaired) electrons. The van der Waals surface area contributed by atoms with Crippen molar-refractivity contribution in [1.29, 1.82) is 0 Å². The van der Waals surface area contributed by atoms with Gasteiger partial charge in [-0.05, 0) is 48.9 Å². The number of nitrogens with zero attached hydrogens (tertiary/aromatic N) is 3. The molecule has 182 valence electrons. The molecule has 2 aliphatic carbocycles. The van der Waals surface area contributed by atoms with Crippen molar-refractivity contribution in [3.05, 3.63) is 119 Å². The number of rotatable bonds is 3. The first kappa shape index (κ1) is 23.2. The van der Waals surface area contributed by atoms with E-state index in [1.807, 2.05) is 19.1 Å². The number of Topliss-reactive ketones (excluding diaryl/α,β-unsaturated/α-hetero) is 1. The van der Waals surface area contributed by atoms with Crippen LogP contribution in [0.5, 0.6) is 0 Å². The first-order chi connectivity index (χ1) is 17.9. The average molecular weight is 484 g/mol. The molecule has 3 atom stereocenters. The molecular formula is C33H29N3O. The Morgan fingerprint density at radius 2 is 1.59 bits per heavy atom. The van der Waals surface area contributed by atoms with Gasteiger partial charge >= 0.3 is 0 Å². The Morgan fingerprint density at radius 3 is 2.27 bits per heavy atom. The van der Waals surface area contributed by atoms with Crippen molar-refractivity contribution in [3.63, 3.8) is 0 Å².